The SMILES string of the molecule is CC(C)OC(=O)CC(O)c1ccc2c(c1)OCO2. The van der Waals surface area contributed by atoms with Crippen molar-refractivity contribution >= 4 is 5.97 Å². The summed E-state index contributed by atoms with van der Waals surface area (Å²) in [6.45, 7) is 3.72. The van der Waals surface area contributed by atoms with Crippen LogP contribution in [-0.4, -0.2) is 24.0 Å². The zero-order valence-corrected chi connectivity index (χ0v) is 10.4. The molecule has 98 valence electrons. The maximum atomic E-state index is 11.4. The average molecular weight is 252 g/mol. The third-order valence-corrected chi connectivity index (χ3v) is 2.51. The normalized spacial score (nSPS) is 14.7. The lowest BCUT2D eigenvalue weighted by molar-refractivity contribution is -0.149. The first-order chi connectivity index (χ1) is 8.56. The molecule has 0 bridgehead atoms. The van der Waals surface area contributed by atoms with Gasteiger partial charge in [0.05, 0.1) is 18.6 Å². The van der Waals surface area contributed by atoms with Crippen LogP contribution in [0.25, 0.3) is 0 Å². The van der Waals surface area contributed by atoms with E-state index in [1.807, 2.05) is 0 Å². The molecule has 1 N–H and O–H groups in total. The molecule has 0 spiro atoms. The second-order valence-corrected chi connectivity index (χ2v) is 4.37. The van der Waals surface area contributed by atoms with Crippen LogP contribution in [0, 0.1) is 0 Å². The molecule has 5 heteroatoms. The van der Waals surface area contributed by atoms with Gasteiger partial charge in [-0.2, -0.15) is 0 Å². The second kappa shape index (κ2) is 5.27. The van der Waals surface area contributed by atoms with Gasteiger partial charge in [-0.05, 0) is 31.5 Å². The van der Waals surface area contributed by atoms with Crippen LogP contribution in [0.1, 0.15) is 31.9 Å². The van der Waals surface area contributed by atoms with Crippen LogP contribution in [0.3, 0.4) is 0 Å². The Morgan fingerprint density at radius 2 is 2.11 bits per heavy atom. The van der Waals surface area contributed by atoms with E-state index < -0.39 is 12.1 Å². The standard InChI is InChI=1S/C13H16O5/c1-8(2)18-13(15)6-10(14)9-3-4-11-12(5-9)17-7-16-11/h3-5,8,10,14H,6-7H2,1-2H3. The summed E-state index contributed by atoms with van der Waals surface area (Å²) in [6.07, 6.45) is -1.15. The fourth-order valence-corrected chi connectivity index (χ4v) is 1.71. The Labute approximate surface area is 105 Å². The van der Waals surface area contributed by atoms with E-state index in [1.54, 1.807) is 32.0 Å². The summed E-state index contributed by atoms with van der Waals surface area (Å²) in [5.41, 5.74) is 0.611. The van der Waals surface area contributed by atoms with E-state index in [9.17, 15) is 9.90 Å². The van der Waals surface area contributed by atoms with Crippen molar-refractivity contribution in [2.24, 2.45) is 0 Å². The Morgan fingerprint density at radius 1 is 1.39 bits per heavy atom. The molecule has 0 aliphatic carbocycles. The number of hydrogen-bond acceptors (Lipinski definition) is 5. The quantitative estimate of drug-likeness (QED) is 0.827. The summed E-state index contributed by atoms with van der Waals surface area (Å²) in [5.74, 6) is 0.814. The lowest BCUT2D eigenvalue weighted by Gasteiger charge is -2.12. The molecule has 0 saturated heterocycles. The second-order valence-electron chi connectivity index (χ2n) is 4.37. The van der Waals surface area contributed by atoms with Gasteiger partial charge in [0.15, 0.2) is 11.5 Å². The average Bonchev–Trinajstić information content (AvgIpc) is 2.74. The number of fused-ring (bicyclic) bond motifs is 1. The fourth-order valence-electron chi connectivity index (χ4n) is 1.71. The predicted octanol–water partition coefficient (Wildman–Crippen LogP) is 1.79. The van der Waals surface area contributed by atoms with Crippen molar-refractivity contribution in [2.75, 3.05) is 6.79 Å². The van der Waals surface area contributed by atoms with Crippen LogP contribution in [0.2, 0.25) is 0 Å². The highest BCUT2D eigenvalue weighted by molar-refractivity contribution is 5.70. The maximum absolute atomic E-state index is 11.4. The highest BCUT2D eigenvalue weighted by atomic mass is 16.7. The van der Waals surface area contributed by atoms with Crippen molar-refractivity contribution < 1.29 is 24.1 Å². The number of esters is 1. The number of benzene rings is 1. The predicted molar refractivity (Wildman–Crippen MR) is 63.4 cm³/mol. The van der Waals surface area contributed by atoms with Gasteiger partial charge < -0.3 is 19.3 Å². The van der Waals surface area contributed by atoms with E-state index in [0.717, 1.165) is 0 Å². The van der Waals surface area contributed by atoms with Gasteiger partial charge in [-0.1, -0.05) is 6.07 Å². The van der Waals surface area contributed by atoms with E-state index >= 15 is 0 Å². The van der Waals surface area contributed by atoms with Crippen LogP contribution in [0.15, 0.2) is 18.2 Å². The number of carbonyl (C=O) groups excluding carboxylic acids is 1. The maximum Gasteiger partial charge on any atom is 0.309 e. The monoisotopic (exact) mass is 252 g/mol. The van der Waals surface area contributed by atoms with Crippen molar-refractivity contribution in [3.8, 4) is 11.5 Å². The Balaban J connectivity index is 2.00. The number of hydrogen-bond donors (Lipinski definition) is 1. The van der Waals surface area contributed by atoms with Crippen molar-refractivity contribution in [3.05, 3.63) is 23.8 Å². The van der Waals surface area contributed by atoms with Gasteiger partial charge in [-0.3, -0.25) is 4.79 Å². The zero-order valence-electron chi connectivity index (χ0n) is 10.4. The molecule has 0 aromatic heterocycles. The molecule has 0 amide bonds. The molecule has 1 aromatic rings. The zero-order chi connectivity index (χ0) is 13.1. The molecule has 1 heterocycles. The summed E-state index contributed by atoms with van der Waals surface area (Å²) < 4.78 is 15.4. The smallest absolute Gasteiger partial charge is 0.309 e. The molecule has 0 radical (unpaired) electrons. The summed E-state index contributed by atoms with van der Waals surface area (Å²) in [5, 5.41) is 9.94. The topological polar surface area (TPSA) is 65.0 Å². The summed E-state index contributed by atoms with van der Waals surface area (Å²) in [7, 11) is 0. The molecular weight excluding hydrogens is 236 g/mol. The number of carbonyl (C=O) groups is 1. The van der Waals surface area contributed by atoms with E-state index in [1.165, 1.54) is 0 Å². The number of rotatable bonds is 4. The van der Waals surface area contributed by atoms with Gasteiger partial charge in [0.1, 0.15) is 0 Å². The van der Waals surface area contributed by atoms with Gasteiger partial charge in [0, 0.05) is 0 Å². The van der Waals surface area contributed by atoms with Crippen molar-refractivity contribution in [3.63, 3.8) is 0 Å². The van der Waals surface area contributed by atoms with E-state index in [2.05, 4.69) is 0 Å². The lowest BCUT2D eigenvalue weighted by Crippen LogP contribution is -2.14. The third kappa shape index (κ3) is 2.92. The largest absolute Gasteiger partial charge is 0.463 e. The van der Waals surface area contributed by atoms with Crippen molar-refractivity contribution in [1.29, 1.82) is 0 Å². The Morgan fingerprint density at radius 3 is 2.83 bits per heavy atom. The molecule has 1 aliphatic rings. The van der Waals surface area contributed by atoms with E-state index in [-0.39, 0.29) is 19.3 Å². The molecular formula is C13H16O5. The summed E-state index contributed by atoms with van der Waals surface area (Å²) in [6, 6.07) is 5.10. The molecule has 1 aliphatic heterocycles. The summed E-state index contributed by atoms with van der Waals surface area (Å²) in [4.78, 5) is 11.4. The molecule has 18 heavy (non-hydrogen) atoms. The van der Waals surface area contributed by atoms with Gasteiger partial charge in [-0.15, -0.1) is 0 Å². The molecule has 0 fully saturated rings. The Bertz CT molecular complexity index is 441. The number of aliphatic hydroxyl groups excluding tert-OH is 1. The van der Waals surface area contributed by atoms with Gasteiger partial charge in [0.25, 0.3) is 0 Å². The van der Waals surface area contributed by atoms with Crippen LogP contribution in [-0.2, 0) is 9.53 Å². The molecule has 1 unspecified atom stereocenters. The molecule has 2 rings (SSSR count). The minimum Gasteiger partial charge on any atom is -0.463 e. The van der Waals surface area contributed by atoms with Gasteiger partial charge in [-0.25, -0.2) is 0 Å². The van der Waals surface area contributed by atoms with E-state index in [4.69, 9.17) is 14.2 Å². The third-order valence-electron chi connectivity index (χ3n) is 2.51. The first-order valence-corrected chi connectivity index (χ1v) is 5.83. The number of ether oxygens (including phenoxy) is 3. The number of aliphatic hydroxyl groups is 1. The van der Waals surface area contributed by atoms with Crippen LogP contribution >= 0.6 is 0 Å². The molecule has 1 aromatic carbocycles. The van der Waals surface area contributed by atoms with Crippen LogP contribution in [0.4, 0.5) is 0 Å². The fraction of sp³-hybridized carbons (Fsp3) is 0.462. The molecule has 0 saturated carbocycles. The highest BCUT2D eigenvalue weighted by Gasteiger charge is 2.19. The van der Waals surface area contributed by atoms with Crippen molar-refractivity contribution in [1.82, 2.24) is 0 Å². The minimum absolute atomic E-state index is 0.0716. The van der Waals surface area contributed by atoms with Crippen LogP contribution in [0.5, 0.6) is 11.5 Å². The van der Waals surface area contributed by atoms with Crippen LogP contribution < -0.4 is 9.47 Å². The highest BCUT2D eigenvalue weighted by Crippen LogP contribution is 2.34. The minimum atomic E-state index is -0.897. The Hall–Kier alpha value is -1.75. The summed E-state index contributed by atoms with van der Waals surface area (Å²) >= 11 is 0. The Kier molecular flexibility index (Phi) is 3.72. The lowest BCUT2D eigenvalue weighted by atomic mass is 10.1. The van der Waals surface area contributed by atoms with Crippen molar-refractivity contribution in [2.45, 2.75) is 32.5 Å². The molecule has 5 nitrogen and oxygen atoms in total. The first-order valence-electron chi connectivity index (χ1n) is 5.83. The van der Waals surface area contributed by atoms with Gasteiger partial charge in [0.2, 0.25) is 6.79 Å². The van der Waals surface area contributed by atoms with E-state index in [0.29, 0.717) is 17.1 Å². The molecule has 1 atom stereocenters. The van der Waals surface area contributed by atoms with Gasteiger partial charge >= 0.3 is 5.97 Å². The first kappa shape index (κ1) is 12.7.